The van der Waals surface area contributed by atoms with Crippen molar-refractivity contribution < 1.29 is 38.7 Å². The quantitative estimate of drug-likeness (QED) is 0.618. The molecule has 20 heavy (non-hydrogen) atoms. The van der Waals surface area contributed by atoms with Gasteiger partial charge >= 0.3 is 11.9 Å². The van der Waals surface area contributed by atoms with E-state index in [0.29, 0.717) is 0 Å². The molecule has 0 saturated carbocycles. The summed E-state index contributed by atoms with van der Waals surface area (Å²) >= 11 is 0. The minimum absolute atomic E-state index is 0.253. The van der Waals surface area contributed by atoms with E-state index >= 15 is 0 Å². The van der Waals surface area contributed by atoms with E-state index < -0.39 is 49.3 Å². The molecule has 1 aliphatic rings. The first-order valence-electron chi connectivity index (χ1n) is 6.31. The van der Waals surface area contributed by atoms with Gasteiger partial charge in [0, 0.05) is 20.5 Å². The summed E-state index contributed by atoms with van der Waals surface area (Å²) in [5.41, 5.74) is 0. The number of hydrogen-bond donors (Lipinski definition) is 2. The summed E-state index contributed by atoms with van der Waals surface area (Å²) in [4.78, 5) is 22.3. The summed E-state index contributed by atoms with van der Waals surface area (Å²) in [6.07, 6.45) is -5.63. The van der Waals surface area contributed by atoms with Crippen molar-refractivity contribution in [1.82, 2.24) is 0 Å². The zero-order chi connectivity index (χ0) is 15.3. The summed E-state index contributed by atoms with van der Waals surface area (Å²) in [6.45, 7) is 3.81. The molecule has 1 fully saturated rings. The second-order valence-electron chi connectivity index (χ2n) is 4.32. The predicted octanol–water partition coefficient (Wildman–Crippen LogP) is -1.04. The molecule has 2 N–H and O–H groups in total. The van der Waals surface area contributed by atoms with E-state index in [9.17, 15) is 19.8 Å². The molecule has 0 amide bonds. The largest absolute Gasteiger partial charge is 0.455 e. The van der Waals surface area contributed by atoms with Crippen LogP contribution in [0.15, 0.2) is 0 Å². The molecular weight excluding hydrogens is 272 g/mol. The van der Waals surface area contributed by atoms with E-state index in [-0.39, 0.29) is 6.61 Å². The van der Waals surface area contributed by atoms with Crippen LogP contribution in [0.2, 0.25) is 0 Å². The Morgan fingerprint density at radius 1 is 1.15 bits per heavy atom. The van der Waals surface area contributed by atoms with Gasteiger partial charge in [0.05, 0.1) is 6.61 Å². The van der Waals surface area contributed by atoms with Crippen molar-refractivity contribution in [3.05, 3.63) is 0 Å². The first kappa shape index (κ1) is 16.8. The van der Waals surface area contributed by atoms with Crippen molar-refractivity contribution in [2.45, 2.75) is 51.5 Å². The minimum Gasteiger partial charge on any atom is -0.455 e. The van der Waals surface area contributed by atoms with Crippen molar-refractivity contribution in [3.8, 4) is 0 Å². The lowest BCUT2D eigenvalue weighted by Crippen LogP contribution is -2.61. The third-order valence-electron chi connectivity index (χ3n) is 2.73. The fourth-order valence-electron chi connectivity index (χ4n) is 1.98. The summed E-state index contributed by atoms with van der Waals surface area (Å²) in [7, 11) is 0. The minimum atomic E-state index is -1.33. The molecule has 0 spiro atoms. The van der Waals surface area contributed by atoms with Gasteiger partial charge in [-0.3, -0.25) is 9.59 Å². The standard InChI is InChI=1S/C12H20O8/c1-4-17-12-11(19-7(3)15)10(18-6(2)14)9(16)8(5-13)20-12/h8-13,16H,4-5H2,1-3H3/t8-,9-,10+,11-,12-/m1/s1. The molecule has 0 radical (unpaired) electrons. The zero-order valence-corrected chi connectivity index (χ0v) is 11.6. The highest BCUT2D eigenvalue weighted by Gasteiger charge is 2.49. The Morgan fingerprint density at radius 2 is 1.70 bits per heavy atom. The summed E-state index contributed by atoms with van der Waals surface area (Å²) in [5.74, 6) is -1.28. The smallest absolute Gasteiger partial charge is 0.303 e. The van der Waals surface area contributed by atoms with Crippen molar-refractivity contribution in [1.29, 1.82) is 0 Å². The fourth-order valence-corrected chi connectivity index (χ4v) is 1.98. The van der Waals surface area contributed by atoms with E-state index in [1.54, 1.807) is 6.92 Å². The highest BCUT2D eigenvalue weighted by molar-refractivity contribution is 5.67. The molecule has 0 aromatic heterocycles. The van der Waals surface area contributed by atoms with Gasteiger partial charge in [0.25, 0.3) is 0 Å². The van der Waals surface area contributed by atoms with Gasteiger partial charge in [-0.15, -0.1) is 0 Å². The number of rotatable bonds is 5. The lowest BCUT2D eigenvalue weighted by atomic mass is 9.98. The third-order valence-corrected chi connectivity index (χ3v) is 2.73. The van der Waals surface area contributed by atoms with Crippen LogP contribution < -0.4 is 0 Å². The van der Waals surface area contributed by atoms with Crippen LogP contribution in [0.4, 0.5) is 0 Å². The van der Waals surface area contributed by atoms with Gasteiger partial charge in [-0.25, -0.2) is 0 Å². The third kappa shape index (κ3) is 4.14. The monoisotopic (exact) mass is 292 g/mol. The van der Waals surface area contributed by atoms with Gasteiger partial charge in [0.1, 0.15) is 12.2 Å². The highest BCUT2D eigenvalue weighted by atomic mass is 16.7. The topological polar surface area (TPSA) is 112 Å². The Bertz CT molecular complexity index is 328. The molecule has 1 saturated heterocycles. The molecule has 116 valence electrons. The van der Waals surface area contributed by atoms with Gasteiger partial charge in [0.15, 0.2) is 18.5 Å². The maximum atomic E-state index is 11.1. The number of carbonyl (C=O) groups excluding carboxylic acids is 2. The number of aliphatic hydroxyl groups is 2. The number of hydrogen-bond acceptors (Lipinski definition) is 8. The number of aliphatic hydroxyl groups excluding tert-OH is 2. The average molecular weight is 292 g/mol. The average Bonchev–Trinajstić information content (AvgIpc) is 2.36. The molecule has 0 bridgehead atoms. The Kier molecular flexibility index (Phi) is 6.34. The Morgan fingerprint density at radius 3 is 2.15 bits per heavy atom. The molecule has 5 atom stereocenters. The summed E-state index contributed by atoms with van der Waals surface area (Å²) < 4.78 is 20.6. The van der Waals surface area contributed by atoms with Crippen LogP contribution in [0.5, 0.6) is 0 Å². The van der Waals surface area contributed by atoms with Gasteiger partial charge in [-0.2, -0.15) is 0 Å². The maximum Gasteiger partial charge on any atom is 0.303 e. The summed E-state index contributed by atoms with van der Waals surface area (Å²) in [5, 5.41) is 19.2. The lowest BCUT2D eigenvalue weighted by Gasteiger charge is -2.42. The van der Waals surface area contributed by atoms with Crippen LogP contribution in [-0.2, 0) is 28.5 Å². The van der Waals surface area contributed by atoms with E-state index in [4.69, 9.17) is 18.9 Å². The van der Waals surface area contributed by atoms with E-state index in [2.05, 4.69) is 0 Å². The van der Waals surface area contributed by atoms with Crippen LogP contribution in [0.25, 0.3) is 0 Å². The van der Waals surface area contributed by atoms with Gasteiger partial charge in [-0.05, 0) is 6.92 Å². The zero-order valence-electron chi connectivity index (χ0n) is 11.6. The fraction of sp³-hybridized carbons (Fsp3) is 0.833. The normalized spacial score (nSPS) is 33.5. The number of esters is 2. The molecule has 1 rings (SSSR count). The number of ether oxygens (including phenoxy) is 4. The van der Waals surface area contributed by atoms with E-state index in [0.717, 1.165) is 6.92 Å². The molecule has 0 unspecified atom stereocenters. The second-order valence-corrected chi connectivity index (χ2v) is 4.32. The maximum absolute atomic E-state index is 11.1. The van der Waals surface area contributed by atoms with Crippen molar-refractivity contribution in [3.63, 3.8) is 0 Å². The molecule has 0 aromatic rings. The first-order chi connectivity index (χ1) is 9.40. The van der Waals surface area contributed by atoms with E-state index in [1.165, 1.54) is 6.92 Å². The van der Waals surface area contributed by atoms with Crippen LogP contribution in [-0.4, -0.2) is 66.1 Å². The lowest BCUT2D eigenvalue weighted by molar-refractivity contribution is -0.304. The Hall–Kier alpha value is -1.22. The summed E-state index contributed by atoms with van der Waals surface area (Å²) in [6, 6.07) is 0. The van der Waals surface area contributed by atoms with Crippen LogP contribution >= 0.6 is 0 Å². The first-order valence-corrected chi connectivity index (χ1v) is 6.31. The Labute approximate surface area is 116 Å². The van der Waals surface area contributed by atoms with E-state index in [1.807, 2.05) is 0 Å². The molecule has 8 heteroatoms. The van der Waals surface area contributed by atoms with Crippen LogP contribution in [0.1, 0.15) is 20.8 Å². The highest BCUT2D eigenvalue weighted by Crippen LogP contribution is 2.27. The number of carbonyl (C=O) groups is 2. The van der Waals surface area contributed by atoms with Gasteiger partial charge < -0.3 is 29.2 Å². The van der Waals surface area contributed by atoms with Crippen molar-refractivity contribution in [2.24, 2.45) is 0 Å². The van der Waals surface area contributed by atoms with Crippen LogP contribution in [0.3, 0.4) is 0 Å². The molecule has 8 nitrogen and oxygen atoms in total. The predicted molar refractivity (Wildman–Crippen MR) is 64.5 cm³/mol. The Balaban J connectivity index is 2.98. The molecule has 1 aliphatic heterocycles. The van der Waals surface area contributed by atoms with Crippen molar-refractivity contribution >= 4 is 11.9 Å². The second kappa shape index (κ2) is 7.53. The SMILES string of the molecule is CCO[C@@H]1O[C@H](CO)[C@@H](O)[C@H](OC(C)=O)[C@H]1OC(C)=O. The molecular formula is C12H20O8. The van der Waals surface area contributed by atoms with Crippen LogP contribution in [0, 0.1) is 0 Å². The van der Waals surface area contributed by atoms with Gasteiger partial charge in [0.2, 0.25) is 0 Å². The molecule has 0 aromatic carbocycles. The molecule has 1 heterocycles. The molecule has 0 aliphatic carbocycles. The van der Waals surface area contributed by atoms with Crippen molar-refractivity contribution in [2.75, 3.05) is 13.2 Å². The van der Waals surface area contributed by atoms with Gasteiger partial charge in [-0.1, -0.05) is 0 Å².